The monoisotopic (exact) mass is 325 g/mol. The van der Waals surface area contributed by atoms with Gasteiger partial charge in [-0.3, -0.25) is 0 Å². The molecule has 3 heteroatoms. The fourth-order valence-corrected chi connectivity index (χ4v) is 3.33. The maximum Gasteiger partial charge on any atom is 0.122 e. The van der Waals surface area contributed by atoms with Crippen molar-refractivity contribution < 1.29 is 9.84 Å². The largest absolute Gasteiger partial charge is 0.491 e. The summed E-state index contributed by atoms with van der Waals surface area (Å²) < 4.78 is 5.94. The SMILES string of the molecule is CCC(C)c1ccccc1OCC(O)CN1CCc2ccccc21. The molecular weight excluding hydrogens is 298 g/mol. The molecular formula is C21H27NO2. The van der Waals surface area contributed by atoms with Gasteiger partial charge in [-0.1, -0.05) is 50.2 Å². The molecule has 0 fully saturated rings. The van der Waals surface area contributed by atoms with E-state index in [4.69, 9.17) is 4.74 Å². The molecule has 3 nitrogen and oxygen atoms in total. The van der Waals surface area contributed by atoms with Crippen molar-refractivity contribution in [3.63, 3.8) is 0 Å². The number of aliphatic hydroxyl groups is 1. The van der Waals surface area contributed by atoms with Crippen LogP contribution < -0.4 is 9.64 Å². The van der Waals surface area contributed by atoms with Gasteiger partial charge in [-0.15, -0.1) is 0 Å². The minimum Gasteiger partial charge on any atom is -0.491 e. The Labute approximate surface area is 144 Å². The van der Waals surface area contributed by atoms with Crippen molar-refractivity contribution in [3.8, 4) is 5.75 Å². The number of hydrogen-bond acceptors (Lipinski definition) is 3. The van der Waals surface area contributed by atoms with Crippen LogP contribution in [0.4, 0.5) is 5.69 Å². The standard InChI is InChI=1S/C21H27NO2/c1-3-16(2)19-9-5-7-11-21(19)24-15-18(23)14-22-13-12-17-8-4-6-10-20(17)22/h4-11,16,18,23H,3,12-15H2,1-2H3. The molecule has 2 aromatic carbocycles. The van der Waals surface area contributed by atoms with E-state index >= 15 is 0 Å². The number of ether oxygens (including phenoxy) is 1. The predicted molar refractivity (Wildman–Crippen MR) is 99.0 cm³/mol. The third-order valence-corrected chi connectivity index (χ3v) is 4.91. The Kier molecular flexibility index (Phi) is 5.41. The van der Waals surface area contributed by atoms with E-state index in [0.29, 0.717) is 19.1 Å². The van der Waals surface area contributed by atoms with Gasteiger partial charge in [-0.2, -0.15) is 0 Å². The molecule has 1 aliphatic rings. The Morgan fingerprint density at radius 1 is 1.12 bits per heavy atom. The lowest BCUT2D eigenvalue weighted by molar-refractivity contribution is 0.112. The van der Waals surface area contributed by atoms with E-state index < -0.39 is 6.10 Å². The molecule has 128 valence electrons. The minimum absolute atomic E-state index is 0.326. The summed E-state index contributed by atoms with van der Waals surface area (Å²) in [4.78, 5) is 2.25. The van der Waals surface area contributed by atoms with Crippen LogP contribution in [0.1, 0.15) is 37.3 Å². The van der Waals surface area contributed by atoms with Crippen molar-refractivity contribution in [1.29, 1.82) is 0 Å². The van der Waals surface area contributed by atoms with E-state index in [-0.39, 0.29) is 0 Å². The highest BCUT2D eigenvalue weighted by molar-refractivity contribution is 5.57. The lowest BCUT2D eigenvalue weighted by Gasteiger charge is -2.24. The van der Waals surface area contributed by atoms with Crippen molar-refractivity contribution in [2.75, 3.05) is 24.6 Å². The number of benzene rings is 2. The number of fused-ring (bicyclic) bond motifs is 1. The molecule has 0 saturated heterocycles. The van der Waals surface area contributed by atoms with Crippen LogP contribution in [-0.2, 0) is 6.42 Å². The summed E-state index contributed by atoms with van der Waals surface area (Å²) in [7, 11) is 0. The molecule has 24 heavy (non-hydrogen) atoms. The second-order valence-electron chi connectivity index (χ2n) is 6.64. The highest BCUT2D eigenvalue weighted by Gasteiger charge is 2.21. The van der Waals surface area contributed by atoms with E-state index in [1.54, 1.807) is 0 Å². The molecule has 0 aliphatic carbocycles. The molecule has 0 amide bonds. The average molecular weight is 325 g/mol. The maximum absolute atomic E-state index is 10.4. The van der Waals surface area contributed by atoms with Crippen molar-refractivity contribution >= 4 is 5.69 Å². The second-order valence-corrected chi connectivity index (χ2v) is 6.64. The highest BCUT2D eigenvalue weighted by Crippen LogP contribution is 2.29. The Balaban J connectivity index is 1.58. The molecule has 0 saturated carbocycles. The van der Waals surface area contributed by atoms with E-state index in [9.17, 15) is 5.11 Å². The fourth-order valence-electron chi connectivity index (χ4n) is 3.33. The number of anilines is 1. The zero-order valence-electron chi connectivity index (χ0n) is 14.6. The van der Waals surface area contributed by atoms with Crippen LogP contribution in [0.25, 0.3) is 0 Å². The molecule has 0 spiro atoms. The number of hydrogen-bond donors (Lipinski definition) is 1. The summed E-state index contributed by atoms with van der Waals surface area (Å²) >= 11 is 0. The molecule has 2 aromatic rings. The topological polar surface area (TPSA) is 32.7 Å². The second kappa shape index (κ2) is 7.71. The number of para-hydroxylation sites is 2. The Hall–Kier alpha value is -2.00. The zero-order chi connectivity index (χ0) is 16.9. The zero-order valence-corrected chi connectivity index (χ0v) is 14.6. The van der Waals surface area contributed by atoms with Gasteiger partial charge in [0.2, 0.25) is 0 Å². The van der Waals surface area contributed by atoms with Gasteiger partial charge < -0.3 is 14.7 Å². The van der Waals surface area contributed by atoms with Gasteiger partial charge in [0.1, 0.15) is 18.5 Å². The van der Waals surface area contributed by atoms with Crippen molar-refractivity contribution in [1.82, 2.24) is 0 Å². The number of β-amino-alcohol motifs (C(OH)–C–C–N with tert-alkyl or cyclic N) is 1. The van der Waals surface area contributed by atoms with Crippen LogP contribution in [0, 0.1) is 0 Å². The highest BCUT2D eigenvalue weighted by atomic mass is 16.5. The normalized spacial score (nSPS) is 15.9. The van der Waals surface area contributed by atoms with E-state index in [0.717, 1.165) is 25.1 Å². The van der Waals surface area contributed by atoms with Gasteiger partial charge in [-0.05, 0) is 42.0 Å². The number of aliphatic hydroxyl groups excluding tert-OH is 1. The quantitative estimate of drug-likeness (QED) is 0.835. The summed E-state index contributed by atoms with van der Waals surface area (Å²) in [6.07, 6.45) is 1.63. The lowest BCUT2D eigenvalue weighted by Crippen LogP contribution is -2.34. The Morgan fingerprint density at radius 2 is 1.88 bits per heavy atom. The van der Waals surface area contributed by atoms with E-state index in [1.165, 1.54) is 16.8 Å². The first-order valence-corrected chi connectivity index (χ1v) is 8.91. The van der Waals surface area contributed by atoms with Gasteiger partial charge in [0.05, 0.1) is 0 Å². The van der Waals surface area contributed by atoms with Gasteiger partial charge in [-0.25, -0.2) is 0 Å². The summed E-state index contributed by atoms with van der Waals surface area (Å²) in [5.41, 5.74) is 3.84. The van der Waals surface area contributed by atoms with Crippen LogP contribution >= 0.6 is 0 Å². The van der Waals surface area contributed by atoms with Crippen LogP contribution in [0.2, 0.25) is 0 Å². The summed E-state index contributed by atoms with van der Waals surface area (Å²) in [6.45, 7) is 6.30. The van der Waals surface area contributed by atoms with Crippen LogP contribution in [0.5, 0.6) is 5.75 Å². The minimum atomic E-state index is -0.499. The van der Waals surface area contributed by atoms with Gasteiger partial charge in [0, 0.05) is 18.8 Å². The first-order valence-electron chi connectivity index (χ1n) is 8.91. The molecule has 3 rings (SSSR count). The van der Waals surface area contributed by atoms with Crippen molar-refractivity contribution in [2.24, 2.45) is 0 Å². The molecule has 1 heterocycles. The molecule has 2 atom stereocenters. The van der Waals surface area contributed by atoms with E-state index in [2.05, 4.69) is 49.1 Å². The van der Waals surface area contributed by atoms with Crippen molar-refractivity contribution in [3.05, 3.63) is 59.7 Å². The predicted octanol–water partition coefficient (Wildman–Crippen LogP) is 4.00. The third kappa shape index (κ3) is 3.73. The smallest absolute Gasteiger partial charge is 0.122 e. The maximum atomic E-state index is 10.4. The third-order valence-electron chi connectivity index (χ3n) is 4.91. The molecule has 1 aliphatic heterocycles. The van der Waals surface area contributed by atoms with Crippen molar-refractivity contribution in [2.45, 2.75) is 38.7 Å². The lowest BCUT2D eigenvalue weighted by atomic mass is 9.98. The molecule has 0 radical (unpaired) electrons. The summed E-state index contributed by atoms with van der Waals surface area (Å²) in [6, 6.07) is 16.6. The number of nitrogens with zero attached hydrogens (tertiary/aromatic N) is 1. The van der Waals surface area contributed by atoms with E-state index in [1.807, 2.05) is 18.2 Å². The molecule has 1 N–H and O–H groups in total. The summed E-state index contributed by atoms with van der Waals surface area (Å²) in [5, 5.41) is 10.4. The molecule has 2 unspecified atom stereocenters. The average Bonchev–Trinajstić information content (AvgIpc) is 3.02. The first kappa shape index (κ1) is 16.8. The Morgan fingerprint density at radius 3 is 2.71 bits per heavy atom. The van der Waals surface area contributed by atoms with Gasteiger partial charge in [0.25, 0.3) is 0 Å². The molecule has 0 aromatic heterocycles. The summed E-state index contributed by atoms with van der Waals surface area (Å²) in [5.74, 6) is 1.36. The van der Waals surface area contributed by atoms with Crippen LogP contribution in [0.15, 0.2) is 48.5 Å². The van der Waals surface area contributed by atoms with Crippen LogP contribution in [-0.4, -0.2) is 30.9 Å². The van der Waals surface area contributed by atoms with Gasteiger partial charge >= 0.3 is 0 Å². The van der Waals surface area contributed by atoms with Crippen LogP contribution in [0.3, 0.4) is 0 Å². The van der Waals surface area contributed by atoms with Gasteiger partial charge in [0.15, 0.2) is 0 Å². The number of rotatable bonds is 7. The fraction of sp³-hybridized carbons (Fsp3) is 0.429. The molecule has 0 bridgehead atoms. The Bertz CT molecular complexity index is 670. The first-order chi connectivity index (χ1) is 11.7.